The Morgan fingerprint density at radius 2 is 2.21 bits per heavy atom. The Bertz CT molecular complexity index is 757. The molecule has 0 radical (unpaired) electrons. The average Bonchev–Trinajstić information content (AvgIpc) is 2.97. The quantitative estimate of drug-likeness (QED) is 0.749. The van der Waals surface area contributed by atoms with Gasteiger partial charge in [0.1, 0.15) is 0 Å². The summed E-state index contributed by atoms with van der Waals surface area (Å²) in [5.41, 5.74) is 3.47. The van der Waals surface area contributed by atoms with Crippen LogP contribution in [0.25, 0.3) is 10.9 Å². The maximum atomic E-state index is 12.2. The van der Waals surface area contributed by atoms with Gasteiger partial charge >= 0.3 is 0 Å². The minimum absolute atomic E-state index is 0.0688. The van der Waals surface area contributed by atoms with Crippen LogP contribution in [0.5, 0.6) is 0 Å². The molecule has 1 aromatic carbocycles. The standard InChI is InChI=1S/C14H13N3OS/c1-8-9(2)19-7-12(8)14(18)16-11-4-3-10-6-15-17-13(10)5-11/h3-7H,1-2H3,(H,15,17)(H,16,18). The number of aromatic amines is 1. The van der Waals surface area contributed by atoms with Crippen LogP contribution in [0.2, 0.25) is 0 Å². The fraction of sp³-hybridized carbons (Fsp3) is 0.143. The summed E-state index contributed by atoms with van der Waals surface area (Å²) >= 11 is 1.60. The van der Waals surface area contributed by atoms with Crippen LogP contribution < -0.4 is 5.32 Å². The molecule has 0 aliphatic rings. The van der Waals surface area contributed by atoms with Gasteiger partial charge in [0.05, 0.1) is 17.3 Å². The van der Waals surface area contributed by atoms with E-state index in [2.05, 4.69) is 15.5 Å². The second kappa shape index (κ2) is 4.51. The number of hydrogen-bond acceptors (Lipinski definition) is 3. The highest BCUT2D eigenvalue weighted by Crippen LogP contribution is 2.22. The number of nitrogens with one attached hydrogen (secondary N) is 2. The lowest BCUT2D eigenvalue weighted by atomic mass is 10.1. The van der Waals surface area contributed by atoms with Gasteiger partial charge < -0.3 is 5.32 Å². The Hall–Kier alpha value is -2.14. The number of H-pyrrole nitrogens is 1. The smallest absolute Gasteiger partial charge is 0.256 e. The third kappa shape index (κ3) is 2.13. The number of carbonyl (C=O) groups excluding carboxylic acids is 1. The summed E-state index contributed by atoms with van der Waals surface area (Å²) in [6.45, 7) is 3.99. The minimum atomic E-state index is -0.0688. The zero-order chi connectivity index (χ0) is 13.4. The van der Waals surface area contributed by atoms with Crippen LogP contribution in [0.3, 0.4) is 0 Å². The number of aromatic nitrogens is 2. The van der Waals surface area contributed by atoms with Gasteiger partial charge in [-0.05, 0) is 37.6 Å². The zero-order valence-electron chi connectivity index (χ0n) is 10.7. The van der Waals surface area contributed by atoms with E-state index in [0.717, 1.165) is 27.7 Å². The van der Waals surface area contributed by atoms with Crippen molar-refractivity contribution < 1.29 is 4.79 Å². The number of anilines is 1. The molecule has 3 aromatic rings. The zero-order valence-corrected chi connectivity index (χ0v) is 11.5. The van der Waals surface area contributed by atoms with E-state index < -0.39 is 0 Å². The predicted octanol–water partition coefficient (Wildman–Crippen LogP) is 3.49. The van der Waals surface area contributed by atoms with Crippen molar-refractivity contribution in [3.63, 3.8) is 0 Å². The molecule has 1 amide bonds. The first-order valence-electron chi connectivity index (χ1n) is 5.94. The molecule has 5 heteroatoms. The van der Waals surface area contributed by atoms with Crippen LogP contribution >= 0.6 is 11.3 Å². The van der Waals surface area contributed by atoms with Crippen molar-refractivity contribution in [2.75, 3.05) is 5.32 Å². The van der Waals surface area contributed by atoms with Crippen molar-refractivity contribution in [2.24, 2.45) is 0 Å². The molecular weight excluding hydrogens is 258 g/mol. The Balaban J connectivity index is 1.88. The highest BCUT2D eigenvalue weighted by Gasteiger charge is 2.12. The summed E-state index contributed by atoms with van der Waals surface area (Å²) in [5.74, 6) is -0.0688. The third-order valence-electron chi connectivity index (χ3n) is 3.23. The van der Waals surface area contributed by atoms with Crippen LogP contribution in [0.15, 0.2) is 29.8 Å². The Labute approximate surface area is 114 Å². The number of thiophene rings is 1. The van der Waals surface area contributed by atoms with Gasteiger partial charge in [0.25, 0.3) is 5.91 Å². The molecule has 0 atom stereocenters. The number of nitrogens with zero attached hydrogens (tertiary/aromatic N) is 1. The van der Waals surface area contributed by atoms with Gasteiger partial charge in [-0.1, -0.05) is 0 Å². The Morgan fingerprint density at radius 1 is 1.37 bits per heavy atom. The number of hydrogen-bond donors (Lipinski definition) is 2. The van der Waals surface area contributed by atoms with Gasteiger partial charge in [-0.2, -0.15) is 5.10 Å². The molecule has 0 saturated heterocycles. The molecule has 0 unspecified atom stereocenters. The number of benzene rings is 1. The van der Waals surface area contributed by atoms with E-state index in [4.69, 9.17) is 0 Å². The van der Waals surface area contributed by atoms with Crippen LogP contribution in [0, 0.1) is 13.8 Å². The lowest BCUT2D eigenvalue weighted by molar-refractivity contribution is 0.102. The molecule has 2 N–H and O–H groups in total. The maximum absolute atomic E-state index is 12.2. The SMILES string of the molecule is Cc1scc(C(=O)Nc2ccc3cn[nH]c3c2)c1C. The summed E-state index contributed by atoms with van der Waals surface area (Å²) in [7, 11) is 0. The molecule has 4 nitrogen and oxygen atoms in total. The van der Waals surface area contributed by atoms with Crippen LogP contribution in [0.1, 0.15) is 20.8 Å². The lowest BCUT2D eigenvalue weighted by Gasteiger charge is -2.05. The molecule has 0 fully saturated rings. The molecule has 0 aliphatic heterocycles. The Kier molecular flexibility index (Phi) is 2.83. The van der Waals surface area contributed by atoms with E-state index in [1.165, 1.54) is 4.88 Å². The summed E-state index contributed by atoms with van der Waals surface area (Å²) in [5, 5.41) is 12.7. The highest BCUT2D eigenvalue weighted by molar-refractivity contribution is 7.10. The maximum Gasteiger partial charge on any atom is 0.256 e. The first kappa shape index (κ1) is 11.9. The summed E-state index contributed by atoms with van der Waals surface area (Å²) in [6.07, 6.45) is 1.76. The number of amides is 1. The molecule has 2 aromatic heterocycles. The van der Waals surface area contributed by atoms with Gasteiger partial charge in [0.2, 0.25) is 0 Å². The van der Waals surface area contributed by atoms with E-state index in [1.807, 2.05) is 37.4 Å². The third-order valence-corrected chi connectivity index (χ3v) is 4.24. The second-order valence-corrected chi connectivity index (χ2v) is 5.54. The van der Waals surface area contributed by atoms with Crippen LogP contribution in [0.4, 0.5) is 5.69 Å². The minimum Gasteiger partial charge on any atom is -0.322 e. The molecule has 19 heavy (non-hydrogen) atoms. The van der Waals surface area contributed by atoms with Gasteiger partial charge in [-0.3, -0.25) is 9.89 Å². The lowest BCUT2D eigenvalue weighted by Crippen LogP contribution is -2.12. The highest BCUT2D eigenvalue weighted by atomic mass is 32.1. The van der Waals surface area contributed by atoms with Gasteiger partial charge in [-0.25, -0.2) is 0 Å². The fourth-order valence-corrected chi connectivity index (χ4v) is 2.82. The van der Waals surface area contributed by atoms with Crippen LogP contribution in [-0.2, 0) is 0 Å². The van der Waals surface area contributed by atoms with E-state index in [-0.39, 0.29) is 5.91 Å². The molecule has 0 bridgehead atoms. The average molecular weight is 271 g/mol. The van der Waals surface area contributed by atoms with Gasteiger partial charge in [-0.15, -0.1) is 11.3 Å². The fourth-order valence-electron chi connectivity index (χ4n) is 1.95. The molecule has 2 heterocycles. The van der Waals surface area contributed by atoms with Gasteiger partial charge in [0.15, 0.2) is 0 Å². The monoisotopic (exact) mass is 271 g/mol. The Morgan fingerprint density at radius 3 is 2.95 bits per heavy atom. The van der Waals surface area contributed by atoms with Crippen molar-refractivity contribution >= 4 is 33.8 Å². The number of carbonyl (C=O) groups is 1. The predicted molar refractivity (Wildman–Crippen MR) is 77.8 cm³/mol. The molecule has 0 saturated carbocycles. The number of aryl methyl sites for hydroxylation is 1. The molecule has 3 rings (SSSR count). The van der Waals surface area contributed by atoms with Crippen LogP contribution in [-0.4, -0.2) is 16.1 Å². The van der Waals surface area contributed by atoms with Crippen molar-refractivity contribution in [3.05, 3.63) is 45.8 Å². The first-order valence-corrected chi connectivity index (χ1v) is 6.82. The molecule has 96 valence electrons. The largest absolute Gasteiger partial charge is 0.322 e. The van der Waals surface area contributed by atoms with Gasteiger partial charge in [0, 0.05) is 21.3 Å². The van der Waals surface area contributed by atoms with Crippen molar-refractivity contribution in [1.29, 1.82) is 0 Å². The van der Waals surface area contributed by atoms with E-state index in [9.17, 15) is 4.79 Å². The molecule has 0 aliphatic carbocycles. The van der Waals surface area contributed by atoms with E-state index >= 15 is 0 Å². The number of fused-ring (bicyclic) bond motifs is 1. The van der Waals surface area contributed by atoms with Crippen molar-refractivity contribution in [2.45, 2.75) is 13.8 Å². The second-order valence-electron chi connectivity index (χ2n) is 4.46. The molecular formula is C14H13N3OS. The van der Waals surface area contributed by atoms with Crippen molar-refractivity contribution in [3.8, 4) is 0 Å². The summed E-state index contributed by atoms with van der Waals surface area (Å²) in [4.78, 5) is 13.4. The van der Waals surface area contributed by atoms with Crippen molar-refractivity contribution in [1.82, 2.24) is 10.2 Å². The summed E-state index contributed by atoms with van der Waals surface area (Å²) in [6, 6.07) is 5.69. The summed E-state index contributed by atoms with van der Waals surface area (Å²) < 4.78 is 0. The van der Waals surface area contributed by atoms with E-state index in [1.54, 1.807) is 17.5 Å². The first-order chi connectivity index (χ1) is 9.15. The molecule has 0 spiro atoms. The topological polar surface area (TPSA) is 57.8 Å². The number of rotatable bonds is 2. The van der Waals surface area contributed by atoms with E-state index in [0.29, 0.717) is 0 Å². The normalized spacial score (nSPS) is 10.8.